The number of esters is 1. The van der Waals surface area contributed by atoms with E-state index in [-0.39, 0.29) is 41.8 Å². The lowest BCUT2D eigenvalue weighted by molar-refractivity contribution is -0.141. The second kappa shape index (κ2) is 14.2. The van der Waals surface area contributed by atoms with Crippen molar-refractivity contribution in [2.45, 2.75) is 26.6 Å². The van der Waals surface area contributed by atoms with Gasteiger partial charge in [0.05, 0.1) is 5.56 Å². The SMILES string of the molecule is CC(=O)OCCN1CCN(Cc2ccc(NC(=O)c3ccc(C)c(C#Cc4cnc(N)c(C=N)c4)c3)cc2C(F)(F)F)CC1. The summed E-state index contributed by atoms with van der Waals surface area (Å²) < 4.78 is 47.2. The Bertz CT molecular complexity index is 1600. The van der Waals surface area contributed by atoms with Crippen LogP contribution in [-0.2, 0) is 22.3 Å². The molecule has 1 fully saturated rings. The molecule has 4 N–H and O–H groups in total. The fourth-order valence-corrected chi connectivity index (χ4v) is 4.70. The molecule has 1 aliphatic heterocycles. The molecule has 1 aliphatic rings. The van der Waals surface area contributed by atoms with E-state index in [4.69, 9.17) is 15.9 Å². The van der Waals surface area contributed by atoms with Crippen molar-refractivity contribution in [1.82, 2.24) is 14.8 Å². The van der Waals surface area contributed by atoms with Crippen molar-refractivity contribution < 1.29 is 27.5 Å². The number of pyridine rings is 1. The number of nitrogens with one attached hydrogen (secondary N) is 2. The van der Waals surface area contributed by atoms with E-state index >= 15 is 0 Å². The number of aromatic nitrogens is 1. The minimum atomic E-state index is -4.61. The Morgan fingerprint density at radius 2 is 1.82 bits per heavy atom. The Labute approximate surface area is 253 Å². The molecular formula is C32H33F3N6O3. The van der Waals surface area contributed by atoms with Crippen LogP contribution in [0.25, 0.3) is 0 Å². The van der Waals surface area contributed by atoms with Crippen LogP contribution in [0, 0.1) is 24.2 Å². The molecule has 0 atom stereocenters. The molecule has 0 spiro atoms. The normalized spacial score (nSPS) is 13.9. The number of nitrogen functional groups attached to an aromatic ring is 1. The first kappa shape index (κ1) is 32.2. The molecule has 0 unspecified atom stereocenters. The summed E-state index contributed by atoms with van der Waals surface area (Å²) in [6.07, 6.45) is -2.04. The third-order valence-corrected chi connectivity index (χ3v) is 7.19. The molecule has 2 aromatic carbocycles. The van der Waals surface area contributed by atoms with Crippen LogP contribution < -0.4 is 11.1 Å². The monoisotopic (exact) mass is 606 g/mol. The number of carbonyl (C=O) groups excluding carboxylic acids is 2. The molecule has 12 heteroatoms. The van der Waals surface area contributed by atoms with E-state index in [0.717, 1.165) is 17.8 Å². The zero-order valence-corrected chi connectivity index (χ0v) is 24.4. The van der Waals surface area contributed by atoms with Crippen LogP contribution in [0.1, 0.15) is 50.7 Å². The van der Waals surface area contributed by atoms with Gasteiger partial charge in [-0.05, 0) is 48.4 Å². The van der Waals surface area contributed by atoms with Crippen LogP contribution in [0.15, 0.2) is 48.7 Å². The fourth-order valence-electron chi connectivity index (χ4n) is 4.70. The zero-order valence-electron chi connectivity index (χ0n) is 24.4. The van der Waals surface area contributed by atoms with Crippen molar-refractivity contribution in [2.75, 3.05) is 50.4 Å². The van der Waals surface area contributed by atoms with Crippen molar-refractivity contribution in [3.63, 3.8) is 0 Å². The maximum atomic E-state index is 14.1. The highest BCUT2D eigenvalue weighted by molar-refractivity contribution is 6.04. The largest absolute Gasteiger partial charge is 0.465 e. The number of rotatable bonds is 8. The Hall–Kier alpha value is -4.73. The zero-order chi connectivity index (χ0) is 31.9. The lowest BCUT2D eigenvalue weighted by Gasteiger charge is -2.35. The Morgan fingerprint density at radius 3 is 2.50 bits per heavy atom. The number of anilines is 2. The number of aryl methyl sites for hydroxylation is 1. The van der Waals surface area contributed by atoms with Gasteiger partial charge in [0.25, 0.3) is 5.91 Å². The van der Waals surface area contributed by atoms with E-state index in [2.05, 4.69) is 27.0 Å². The Balaban J connectivity index is 1.44. The van der Waals surface area contributed by atoms with E-state index < -0.39 is 17.6 Å². The number of halogens is 3. The number of carbonyl (C=O) groups is 2. The maximum Gasteiger partial charge on any atom is 0.416 e. The van der Waals surface area contributed by atoms with Gasteiger partial charge in [0.1, 0.15) is 12.4 Å². The number of hydrogen-bond donors (Lipinski definition) is 3. The van der Waals surface area contributed by atoms with E-state index in [1.807, 2.05) is 11.8 Å². The van der Waals surface area contributed by atoms with Gasteiger partial charge < -0.3 is 21.2 Å². The smallest absolute Gasteiger partial charge is 0.416 e. The van der Waals surface area contributed by atoms with Gasteiger partial charge in [-0.1, -0.05) is 24.0 Å². The lowest BCUT2D eigenvalue weighted by Crippen LogP contribution is -2.47. The fraction of sp³-hybridized carbons (Fsp3) is 0.312. The summed E-state index contributed by atoms with van der Waals surface area (Å²) in [5.74, 6) is 5.24. The van der Waals surface area contributed by atoms with E-state index in [1.54, 1.807) is 24.3 Å². The summed E-state index contributed by atoms with van der Waals surface area (Å²) in [6, 6.07) is 10.3. The van der Waals surface area contributed by atoms with Crippen LogP contribution in [0.4, 0.5) is 24.7 Å². The Kier molecular flexibility index (Phi) is 10.4. The van der Waals surface area contributed by atoms with Gasteiger partial charge in [-0.3, -0.25) is 19.4 Å². The van der Waals surface area contributed by atoms with Crippen molar-refractivity contribution in [3.05, 3.63) is 87.6 Å². The number of piperazine rings is 1. The van der Waals surface area contributed by atoms with Gasteiger partial charge in [-0.15, -0.1) is 0 Å². The molecule has 230 valence electrons. The molecule has 4 rings (SSSR count). The average Bonchev–Trinajstić information content (AvgIpc) is 2.98. The van der Waals surface area contributed by atoms with Gasteiger partial charge in [0.2, 0.25) is 0 Å². The van der Waals surface area contributed by atoms with Gasteiger partial charge in [-0.2, -0.15) is 13.2 Å². The molecule has 44 heavy (non-hydrogen) atoms. The topological polar surface area (TPSA) is 125 Å². The minimum absolute atomic E-state index is 0.0293. The van der Waals surface area contributed by atoms with Crippen LogP contribution in [0.5, 0.6) is 0 Å². The number of nitrogens with zero attached hydrogens (tertiary/aromatic N) is 3. The van der Waals surface area contributed by atoms with Crippen molar-refractivity contribution >= 4 is 29.6 Å². The van der Waals surface area contributed by atoms with Crippen LogP contribution in [-0.4, -0.2) is 72.2 Å². The molecule has 2 heterocycles. The van der Waals surface area contributed by atoms with E-state index in [9.17, 15) is 22.8 Å². The number of benzene rings is 2. The predicted molar refractivity (Wildman–Crippen MR) is 161 cm³/mol. The highest BCUT2D eigenvalue weighted by Crippen LogP contribution is 2.35. The minimum Gasteiger partial charge on any atom is -0.465 e. The molecule has 1 saturated heterocycles. The standard InChI is InChI=1S/C32H33F3N6O3/c1-21-3-5-25(16-24(21)6-4-23-15-27(18-36)30(37)38-19-23)31(43)39-28-8-7-26(29(17-28)32(33,34)35)20-41-11-9-40(10-12-41)13-14-44-22(2)42/h3,5,7-8,15-19,36H,9-14,20H2,1-2H3,(H2,37,38)(H,39,43). The third-order valence-electron chi connectivity index (χ3n) is 7.19. The number of hydrogen-bond acceptors (Lipinski definition) is 8. The number of ether oxygens (including phenoxy) is 1. The third kappa shape index (κ3) is 8.65. The molecule has 1 amide bonds. The summed E-state index contributed by atoms with van der Waals surface area (Å²) in [5, 5.41) is 10.0. The van der Waals surface area contributed by atoms with Crippen LogP contribution in [0.3, 0.4) is 0 Å². The summed E-state index contributed by atoms with van der Waals surface area (Å²) in [7, 11) is 0. The van der Waals surface area contributed by atoms with Gasteiger partial charge >= 0.3 is 12.1 Å². The van der Waals surface area contributed by atoms with Crippen molar-refractivity contribution in [1.29, 1.82) is 5.41 Å². The highest BCUT2D eigenvalue weighted by atomic mass is 19.4. The molecular weight excluding hydrogens is 573 g/mol. The predicted octanol–water partition coefficient (Wildman–Crippen LogP) is 4.32. The first-order valence-electron chi connectivity index (χ1n) is 13.9. The lowest BCUT2D eigenvalue weighted by atomic mass is 10.0. The quantitative estimate of drug-likeness (QED) is 0.198. The molecule has 9 nitrogen and oxygen atoms in total. The number of nitrogens with two attached hydrogens (primary N) is 1. The molecule has 0 bridgehead atoms. The average molecular weight is 607 g/mol. The number of amides is 1. The summed E-state index contributed by atoms with van der Waals surface area (Å²) >= 11 is 0. The maximum absolute atomic E-state index is 14.1. The second-order valence-corrected chi connectivity index (χ2v) is 10.4. The first-order chi connectivity index (χ1) is 20.9. The van der Waals surface area contributed by atoms with Gasteiger partial charge in [-0.25, -0.2) is 4.98 Å². The molecule has 0 radical (unpaired) electrons. The molecule has 0 aliphatic carbocycles. The Morgan fingerprint density at radius 1 is 1.09 bits per heavy atom. The first-order valence-corrected chi connectivity index (χ1v) is 13.9. The van der Waals surface area contributed by atoms with E-state index in [0.29, 0.717) is 49.4 Å². The second-order valence-electron chi connectivity index (χ2n) is 10.4. The molecule has 3 aromatic rings. The number of alkyl halides is 3. The molecule has 1 aromatic heterocycles. The van der Waals surface area contributed by atoms with Crippen LogP contribution >= 0.6 is 0 Å². The van der Waals surface area contributed by atoms with Crippen molar-refractivity contribution in [2.24, 2.45) is 0 Å². The molecule has 0 saturated carbocycles. The summed E-state index contributed by atoms with van der Waals surface area (Å²) in [5.41, 5.74) is 7.64. The van der Waals surface area contributed by atoms with Gasteiger partial charge in [0.15, 0.2) is 0 Å². The van der Waals surface area contributed by atoms with Crippen LogP contribution in [0.2, 0.25) is 0 Å². The van der Waals surface area contributed by atoms with E-state index in [1.165, 1.54) is 25.3 Å². The summed E-state index contributed by atoms with van der Waals surface area (Å²) in [6.45, 7) is 6.62. The summed E-state index contributed by atoms with van der Waals surface area (Å²) in [4.78, 5) is 32.1. The van der Waals surface area contributed by atoms with Gasteiger partial charge in [0, 0.05) is 86.5 Å². The van der Waals surface area contributed by atoms with Crippen molar-refractivity contribution in [3.8, 4) is 11.8 Å². The highest BCUT2D eigenvalue weighted by Gasteiger charge is 2.34.